The van der Waals surface area contributed by atoms with E-state index >= 15 is 0 Å². The summed E-state index contributed by atoms with van der Waals surface area (Å²) in [4.78, 5) is 3.64. The molecule has 15 heavy (non-hydrogen) atoms. The molecule has 0 aliphatic carbocycles. The second-order valence-electron chi connectivity index (χ2n) is 3.95. The molecule has 0 radical (unpaired) electrons. The van der Waals surface area contributed by atoms with E-state index in [-0.39, 0.29) is 12.0 Å². The highest BCUT2D eigenvalue weighted by atomic mass is 19.1. The van der Waals surface area contributed by atoms with E-state index in [4.69, 9.17) is 0 Å². The first-order valence-corrected chi connectivity index (χ1v) is 5.22. The molecule has 2 heterocycles. The minimum absolute atomic E-state index is 0.241. The molecule has 2 atom stereocenters. The average molecular weight is 206 g/mol. The zero-order valence-corrected chi connectivity index (χ0v) is 8.83. The summed E-state index contributed by atoms with van der Waals surface area (Å²) in [5.74, 6) is -0.364. The van der Waals surface area contributed by atoms with Crippen molar-refractivity contribution in [1.82, 2.24) is 10.3 Å². The van der Waals surface area contributed by atoms with Crippen LogP contribution in [0.1, 0.15) is 30.0 Å². The average Bonchev–Trinajstić information content (AvgIpc) is 2.70. The van der Waals surface area contributed by atoms with Crippen molar-refractivity contribution in [2.45, 2.75) is 31.8 Å². The number of nitrogens with one attached hydrogen (secondary N) is 1. The van der Waals surface area contributed by atoms with Crippen LogP contribution < -0.4 is 5.32 Å². The van der Waals surface area contributed by atoms with Crippen molar-refractivity contribution in [3.63, 3.8) is 0 Å². The maximum Gasteiger partial charge on any atom is 0.216 e. The fourth-order valence-electron chi connectivity index (χ4n) is 2.10. The minimum atomic E-state index is -0.364. The van der Waals surface area contributed by atoms with E-state index in [9.17, 15) is 4.39 Å². The minimum Gasteiger partial charge on any atom is -0.304 e. The summed E-state index contributed by atoms with van der Waals surface area (Å²) in [6.45, 7) is 5.54. The number of aromatic nitrogens is 1. The maximum absolute atomic E-state index is 13.3. The number of rotatable bonds is 2. The molecule has 1 N–H and O–H groups in total. The first kappa shape index (κ1) is 10.3. The van der Waals surface area contributed by atoms with Gasteiger partial charge in [-0.15, -0.1) is 6.58 Å². The van der Waals surface area contributed by atoms with Gasteiger partial charge in [0.15, 0.2) is 0 Å². The number of halogens is 1. The van der Waals surface area contributed by atoms with Gasteiger partial charge in [0.25, 0.3) is 0 Å². The molecular weight excluding hydrogens is 191 g/mol. The molecule has 0 saturated carbocycles. The molecule has 80 valence electrons. The molecule has 1 saturated heterocycles. The fraction of sp³-hybridized carbons (Fsp3) is 0.417. The van der Waals surface area contributed by atoms with E-state index in [2.05, 4.69) is 16.9 Å². The van der Waals surface area contributed by atoms with Crippen LogP contribution in [0.25, 0.3) is 0 Å². The molecule has 1 aliphatic rings. The van der Waals surface area contributed by atoms with Gasteiger partial charge in [0, 0.05) is 23.8 Å². The molecule has 1 aromatic rings. The lowest BCUT2D eigenvalue weighted by Gasteiger charge is -2.14. The zero-order chi connectivity index (χ0) is 10.8. The van der Waals surface area contributed by atoms with E-state index in [1.165, 1.54) is 6.20 Å². The highest BCUT2D eigenvalue weighted by Gasteiger charge is 2.24. The van der Waals surface area contributed by atoms with Gasteiger partial charge in [0.05, 0.1) is 0 Å². The predicted molar refractivity (Wildman–Crippen MR) is 58.0 cm³/mol. The van der Waals surface area contributed by atoms with Crippen molar-refractivity contribution in [3.05, 3.63) is 42.0 Å². The summed E-state index contributed by atoms with van der Waals surface area (Å²) in [5.41, 5.74) is 1.67. The van der Waals surface area contributed by atoms with Crippen molar-refractivity contribution in [1.29, 1.82) is 0 Å². The van der Waals surface area contributed by atoms with E-state index in [0.717, 1.165) is 18.4 Å². The smallest absolute Gasteiger partial charge is 0.216 e. The van der Waals surface area contributed by atoms with Gasteiger partial charge in [-0.3, -0.25) is 0 Å². The van der Waals surface area contributed by atoms with Crippen LogP contribution in [0.15, 0.2) is 24.9 Å². The number of hydrogen-bond donors (Lipinski definition) is 1. The SMILES string of the molecule is C=CC1CCC(c2ccnc(F)c2C)N1. The van der Waals surface area contributed by atoms with Crippen LogP contribution in [0.3, 0.4) is 0 Å². The van der Waals surface area contributed by atoms with Crippen LogP contribution in [-0.2, 0) is 0 Å². The van der Waals surface area contributed by atoms with Crippen molar-refractivity contribution < 1.29 is 4.39 Å². The summed E-state index contributed by atoms with van der Waals surface area (Å²) in [6.07, 6.45) is 5.53. The molecule has 1 aromatic heterocycles. The summed E-state index contributed by atoms with van der Waals surface area (Å²) >= 11 is 0. The number of hydrogen-bond acceptors (Lipinski definition) is 2. The molecule has 2 nitrogen and oxygen atoms in total. The van der Waals surface area contributed by atoms with E-state index in [0.29, 0.717) is 11.6 Å². The van der Waals surface area contributed by atoms with Crippen LogP contribution in [0.5, 0.6) is 0 Å². The van der Waals surface area contributed by atoms with Crippen molar-refractivity contribution in [2.24, 2.45) is 0 Å². The summed E-state index contributed by atoms with van der Waals surface area (Å²) in [7, 11) is 0. The molecule has 0 bridgehead atoms. The molecule has 0 spiro atoms. The first-order chi connectivity index (χ1) is 7.22. The van der Waals surface area contributed by atoms with Crippen molar-refractivity contribution in [2.75, 3.05) is 0 Å². The Hall–Kier alpha value is -1.22. The summed E-state index contributed by atoms with van der Waals surface area (Å²) in [6, 6.07) is 2.48. The highest BCUT2D eigenvalue weighted by molar-refractivity contribution is 5.27. The van der Waals surface area contributed by atoms with Crippen LogP contribution in [-0.4, -0.2) is 11.0 Å². The second kappa shape index (κ2) is 4.11. The Labute approximate surface area is 89.2 Å². The van der Waals surface area contributed by atoms with Gasteiger partial charge in [0.1, 0.15) is 0 Å². The number of pyridine rings is 1. The third kappa shape index (κ3) is 1.92. The van der Waals surface area contributed by atoms with Gasteiger partial charge in [-0.1, -0.05) is 6.08 Å². The third-order valence-electron chi connectivity index (χ3n) is 3.03. The first-order valence-electron chi connectivity index (χ1n) is 5.22. The van der Waals surface area contributed by atoms with Crippen molar-refractivity contribution >= 4 is 0 Å². The monoisotopic (exact) mass is 206 g/mol. The van der Waals surface area contributed by atoms with Crippen LogP contribution in [0, 0.1) is 12.9 Å². The molecule has 2 unspecified atom stereocenters. The lowest BCUT2D eigenvalue weighted by atomic mass is 10.0. The highest BCUT2D eigenvalue weighted by Crippen LogP contribution is 2.29. The van der Waals surface area contributed by atoms with Gasteiger partial charge in [0.2, 0.25) is 5.95 Å². The molecule has 3 heteroatoms. The fourth-order valence-corrected chi connectivity index (χ4v) is 2.10. The Kier molecular flexibility index (Phi) is 2.82. The Bertz CT molecular complexity index is 376. The summed E-state index contributed by atoms with van der Waals surface area (Å²) < 4.78 is 13.3. The molecule has 0 aromatic carbocycles. The molecule has 0 amide bonds. The molecular formula is C12H15FN2. The van der Waals surface area contributed by atoms with E-state index < -0.39 is 0 Å². The topological polar surface area (TPSA) is 24.9 Å². The van der Waals surface area contributed by atoms with Crippen LogP contribution in [0.2, 0.25) is 0 Å². The number of nitrogens with zero attached hydrogens (tertiary/aromatic N) is 1. The van der Waals surface area contributed by atoms with Crippen LogP contribution in [0.4, 0.5) is 4.39 Å². The van der Waals surface area contributed by atoms with Gasteiger partial charge >= 0.3 is 0 Å². The van der Waals surface area contributed by atoms with E-state index in [1.54, 1.807) is 6.92 Å². The molecule has 1 aliphatic heterocycles. The predicted octanol–water partition coefficient (Wildman–Crippen LogP) is 2.51. The van der Waals surface area contributed by atoms with E-state index in [1.807, 2.05) is 12.1 Å². The second-order valence-corrected chi connectivity index (χ2v) is 3.95. The molecule has 1 fully saturated rings. The lowest BCUT2D eigenvalue weighted by molar-refractivity contribution is 0.554. The van der Waals surface area contributed by atoms with Gasteiger partial charge in [-0.05, 0) is 31.4 Å². The summed E-state index contributed by atoms with van der Waals surface area (Å²) in [5, 5.41) is 3.41. The Morgan fingerprint density at radius 2 is 2.40 bits per heavy atom. The third-order valence-corrected chi connectivity index (χ3v) is 3.03. The Morgan fingerprint density at radius 1 is 1.60 bits per heavy atom. The van der Waals surface area contributed by atoms with Gasteiger partial charge < -0.3 is 5.32 Å². The Morgan fingerprint density at radius 3 is 3.07 bits per heavy atom. The normalized spacial score (nSPS) is 25.5. The van der Waals surface area contributed by atoms with Crippen molar-refractivity contribution in [3.8, 4) is 0 Å². The maximum atomic E-state index is 13.3. The standard InChI is InChI=1S/C12H15FN2/c1-3-9-4-5-11(15-9)10-6-7-14-12(13)8(10)2/h3,6-7,9,11,15H,1,4-5H2,2H3. The van der Waals surface area contributed by atoms with Gasteiger partial charge in [-0.2, -0.15) is 4.39 Å². The molecule has 2 rings (SSSR count). The largest absolute Gasteiger partial charge is 0.304 e. The zero-order valence-electron chi connectivity index (χ0n) is 8.83. The quantitative estimate of drug-likeness (QED) is 0.594. The van der Waals surface area contributed by atoms with Gasteiger partial charge in [-0.25, -0.2) is 4.98 Å². The lowest BCUT2D eigenvalue weighted by Crippen LogP contribution is -2.22. The van der Waals surface area contributed by atoms with Crippen LogP contribution >= 0.6 is 0 Å². The Balaban J connectivity index is 2.24.